The van der Waals surface area contributed by atoms with E-state index in [9.17, 15) is 15.0 Å². The van der Waals surface area contributed by atoms with Gasteiger partial charge in [-0.1, -0.05) is 0 Å². The summed E-state index contributed by atoms with van der Waals surface area (Å²) in [4.78, 5) is 10.3. The van der Waals surface area contributed by atoms with Crippen LogP contribution in [0.2, 0.25) is 0 Å². The Morgan fingerprint density at radius 2 is 2.21 bits per heavy atom. The first-order chi connectivity index (χ1) is 6.06. The molecule has 0 aliphatic carbocycles. The predicted molar refractivity (Wildman–Crippen MR) is 37.0 cm³/mol. The van der Waals surface area contributed by atoms with Crippen LogP contribution in [0.3, 0.4) is 0 Å². The van der Waals surface area contributed by atoms with Gasteiger partial charge in [0.2, 0.25) is 6.29 Å². The average Bonchev–Trinajstić information content (AvgIpc) is 2.09. The van der Waals surface area contributed by atoms with Gasteiger partial charge in [-0.25, -0.2) is 0 Å². The van der Waals surface area contributed by atoms with Crippen molar-refractivity contribution < 1.29 is 59.1 Å². The Labute approximate surface area is 102 Å². The molecule has 0 saturated carbocycles. The second-order valence-electron chi connectivity index (χ2n) is 2.52. The third-order valence-corrected chi connectivity index (χ3v) is 1.63. The van der Waals surface area contributed by atoms with Crippen LogP contribution in [-0.2, 0) is 14.3 Å². The number of aliphatic hydroxyl groups excluding tert-OH is 2. The summed E-state index contributed by atoms with van der Waals surface area (Å²) in [6.45, 7) is 0. The topological polar surface area (TPSA) is 99.1 Å². The minimum absolute atomic E-state index is 0. The average molecular weight is 212 g/mol. The van der Waals surface area contributed by atoms with Gasteiger partial charge in [0.05, 0.1) is 0 Å². The molecule has 0 aromatic heterocycles. The fraction of sp³-hybridized carbons (Fsp3) is 0.571. The van der Waals surface area contributed by atoms with E-state index >= 15 is 0 Å². The van der Waals surface area contributed by atoms with E-state index in [4.69, 9.17) is 5.11 Å². The van der Waals surface area contributed by atoms with Gasteiger partial charge in [-0.15, -0.1) is 0 Å². The number of hydrogen-bond donors (Lipinski definition) is 2. The van der Waals surface area contributed by atoms with E-state index < -0.39 is 30.2 Å². The first-order valence-electron chi connectivity index (χ1n) is 3.55. The summed E-state index contributed by atoms with van der Waals surface area (Å²) in [6, 6.07) is 0. The monoisotopic (exact) mass is 212 g/mol. The summed E-state index contributed by atoms with van der Waals surface area (Å²) < 4.78 is 9.24. The van der Waals surface area contributed by atoms with Crippen molar-refractivity contribution in [3.63, 3.8) is 0 Å². The Balaban J connectivity index is 0.00000169. The van der Waals surface area contributed by atoms with Gasteiger partial charge >= 0.3 is 29.6 Å². The minimum Gasteiger partial charge on any atom is -0.542 e. The fourth-order valence-corrected chi connectivity index (χ4v) is 0.953. The van der Waals surface area contributed by atoms with Gasteiger partial charge in [0.1, 0.15) is 23.9 Å². The van der Waals surface area contributed by atoms with E-state index in [1.54, 1.807) is 0 Å². The van der Waals surface area contributed by atoms with Crippen LogP contribution in [0, 0.1) is 0 Å². The predicted octanol–water partition coefficient (Wildman–Crippen LogP) is -5.65. The van der Waals surface area contributed by atoms with Crippen LogP contribution in [0.5, 0.6) is 0 Å². The number of aliphatic carboxylic acids is 1. The van der Waals surface area contributed by atoms with Gasteiger partial charge in [-0.2, -0.15) is 0 Å². The molecule has 6 nitrogen and oxygen atoms in total. The quantitative estimate of drug-likeness (QED) is 0.443. The van der Waals surface area contributed by atoms with E-state index in [0.717, 1.165) is 6.08 Å². The van der Waals surface area contributed by atoms with Crippen molar-refractivity contribution in [2.24, 2.45) is 0 Å². The van der Waals surface area contributed by atoms with Gasteiger partial charge in [0.25, 0.3) is 0 Å². The zero-order chi connectivity index (χ0) is 10.0. The number of aliphatic hydroxyl groups is 2. The molecule has 0 fully saturated rings. The summed E-state index contributed by atoms with van der Waals surface area (Å²) in [6.07, 6.45) is -2.96. The third-order valence-electron chi connectivity index (χ3n) is 1.63. The number of methoxy groups -OCH3 is 1. The zero-order valence-electron chi connectivity index (χ0n) is 7.84. The maximum absolute atomic E-state index is 10.3. The van der Waals surface area contributed by atoms with Crippen molar-refractivity contribution in [2.45, 2.75) is 18.5 Å². The molecule has 0 unspecified atom stereocenters. The van der Waals surface area contributed by atoms with E-state index in [1.165, 1.54) is 7.11 Å². The Bertz CT molecular complexity index is 240. The molecule has 0 spiro atoms. The van der Waals surface area contributed by atoms with Crippen LogP contribution < -0.4 is 34.7 Å². The van der Waals surface area contributed by atoms with Crippen molar-refractivity contribution >= 4 is 5.97 Å². The second kappa shape index (κ2) is 5.69. The van der Waals surface area contributed by atoms with Crippen LogP contribution in [0.25, 0.3) is 0 Å². The summed E-state index contributed by atoms with van der Waals surface area (Å²) in [5.74, 6) is -2.10. The Hall–Kier alpha value is -0.110. The first kappa shape index (κ1) is 13.9. The molecule has 2 N–H and O–H groups in total. The molecule has 0 amide bonds. The van der Waals surface area contributed by atoms with Crippen molar-refractivity contribution in [3.05, 3.63) is 11.8 Å². The van der Waals surface area contributed by atoms with Crippen LogP contribution >= 0.6 is 0 Å². The molecule has 1 rings (SSSR count). The molecule has 0 bridgehead atoms. The third kappa shape index (κ3) is 2.94. The Morgan fingerprint density at radius 3 is 2.64 bits per heavy atom. The minimum atomic E-state index is -1.56. The van der Waals surface area contributed by atoms with Gasteiger partial charge in [-0.3, -0.25) is 0 Å². The molecule has 0 saturated heterocycles. The number of rotatable bonds is 2. The summed E-state index contributed by atoms with van der Waals surface area (Å²) in [5, 5.41) is 28.6. The molecule has 7 heteroatoms. The molecule has 1 aliphatic heterocycles. The maximum atomic E-state index is 10.3. The van der Waals surface area contributed by atoms with E-state index in [1.807, 2.05) is 0 Å². The number of carboxylic acid groups (broad SMARTS) is 1. The molecule has 0 aromatic carbocycles. The second-order valence-corrected chi connectivity index (χ2v) is 2.52. The standard InChI is InChI=1S/C7H10O6.Na/c1-12-7-5(9)3(8)2-4(13-7)6(10)11;/h2-3,5,7-9H,1H3,(H,10,11);/q;+1/p-1/t3-,5+,7-;/m0./s1. The Morgan fingerprint density at radius 1 is 1.64 bits per heavy atom. The van der Waals surface area contributed by atoms with Crippen LogP contribution in [0.15, 0.2) is 11.8 Å². The molecule has 0 radical (unpaired) electrons. The van der Waals surface area contributed by atoms with E-state index in [-0.39, 0.29) is 29.6 Å². The summed E-state index contributed by atoms with van der Waals surface area (Å²) in [7, 11) is 1.22. The first-order valence-corrected chi connectivity index (χ1v) is 3.55. The number of ether oxygens (including phenoxy) is 2. The summed E-state index contributed by atoms with van der Waals surface area (Å²) >= 11 is 0. The zero-order valence-corrected chi connectivity index (χ0v) is 9.84. The van der Waals surface area contributed by atoms with Gasteiger partial charge in [0, 0.05) is 7.11 Å². The number of carbonyl (C=O) groups excluding carboxylic acids is 1. The maximum Gasteiger partial charge on any atom is 1.00 e. The molecular weight excluding hydrogens is 203 g/mol. The van der Waals surface area contributed by atoms with Gasteiger partial charge in [0.15, 0.2) is 0 Å². The molecule has 1 heterocycles. The number of carboxylic acids is 1. The summed E-state index contributed by atoms with van der Waals surface area (Å²) in [5.41, 5.74) is 0. The molecular formula is C7H9NaO6. The molecule has 3 atom stereocenters. The molecule has 1 aliphatic rings. The van der Waals surface area contributed by atoms with Crippen LogP contribution in [0.1, 0.15) is 0 Å². The number of hydrogen-bond acceptors (Lipinski definition) is 6. The van der Waals surface area contributed by atoms with Crippen molar-refractivity contribution in [3.8, 4) is 0 Å². The fourth-order valence-electron chi connectivity index (χ4n) is 0.953. The van der Waals surface area contributed by atoms with Crippen LogP contribution in [0.4, 0.5) is 0 Å². The number of carbonyl (C=O) groups is 1. The normalized spacial score (nSPS) is 31.1. The SMILES string of the molecule is CO[C@H]1OC(C(=O)[O-])=C[C@H](O)[C@H]1O.[Na+]. The van der Waals surface area contributed by atoms with E-state index in [0.29, 0.717) is 0 Å². The van der Waals surface area contributed by atoms with E-state index in [2.05, 4.69) is 9.47 Å². The van der Waals surface area contributed by atoms with Gasteiger partial charge in [-0.05, 0) is 6.08 Å². The molecule has 0 aromatic rings. The van der Waals surface area contributed by atoms with Crippen LogP contribution in [-0.4, -0.2) is 41.8 Å². The van der Waals surface area contributed by atoms with Crippen molar-refractivity contribution in [1.29, 1.82) is 0 Å². The van der Waals surface area contributed by atoms with Crippen molar-refractivity contribution in [2.75, 3.05) is 7.11 Å². The molecule has 74 valence electrons. The largest absolute Gasteiger partial charge is 1.00 e. The smallest absolute Gasteiger partial charge is 0.542 e. The Kier molecular flexibility index (Phi) is 5.65. The van der Waals surface area contributed by atoms with Gasteiger partial charge < -0.3 is 29.6 Å². The van der Waals surface area contributed by atoms with Crippen molar-refractivity contribution in [1.82, 2.24) is 0 Å². The molecule has 14 heavy (non-hydrogen) atoms.